The average Bonchev–Trinajstić information content (AvgIpc) is 2.85. The Bertz CT molecular complexity index is 491. The summed E-state index contributed by atoms with van der Waals surface area (Å²) in [6.45, 7) is 4.08. The molecule has 0 fully saturated rings. The molecule has 2 aromatic heterocycles. The van der Waals surface area contributed by atoms with E-state index in [2.05, 4.69) is 32.3 Å². The van der Waals surface area contributed by atoms with Crippen LogP contribution in [0, 0.1) is 6.92 Å². The van der Waals surface area contributed by atoms with Crippen LogP contribution >= 0.6 is 0 Å². The van der Waals surface area contributed by atoms with Gasteiger partial charge in [0.05, 0.1) is 0 Å². The van der Waals surface area contributed by atoms with Gasteiger partial charge < -0.3 is 5.32 Å². The van der Waals surface area contributed by atoms with E-state index in [0.717, 1.165) is 35.9 Å². The largest absolute Gasteiger partial charge is 0.373 e. The Labute approximate surface area is 100 Å². The summed E-state index contributed by atoms with van der Waals surface area (Å²) in [4.78, 5) is 12.9. The van der Waals surface area contributed by atoms with Gasteiger partial charge in [0.25, 0.3) is 0 Å². The highest BCUT2D eigenvalue weighted by atomic mass is 15.3. The lowest BCUT2D eigenvalue weighted by Crippen LogP contribution is -2.09. The smallest absolute Gasteiger partial charge is 0.163 e. The fourth-order valence-electron chi connectivity index (χ4n) is 1.67. The molecule has 0 aliphatic rings. The minimum absolute atomic E-state index is 0.783. The first-order valence-electron chi connectivity index (χ1n) is 5.66. The van der Waals surface area contributed by atoms with Crippen molar-refractivity contribution in [3.63, 3.8) is 0 Å². The zero-order chi connectivity index (χ0) is 12.3. The molecule has 2 aromatic rings. The van der Waals surface area contributed by atoms with Gasteiger partial charge in [-0.2, -0.15) is 5.10 Å². The molecule has 1 N–H and O–H groups in total. The van der Waals surface area contributed by atoms with Gasteiger partial charge in [-0.15, -0.1) is 0 Å². The summed E-state index contributed by atoms with van der Waals surface area (Å²) in [5.74, 6) is 2.45. The maximum atomic E-state index is 4.52. The van der Waals surface area contributed by atoms with E-state index in [4.69, 9.17) is 0 Å². The molecule has 0 unspecified atom stereocenters. The van der Waals surface area contributed by atoms with E-state index in [-0.39, 0.29) is 0 Å². The van der Waals surface area contributed by atoms with Crippen molar-refractivity contribution < 1.29 is 0 Å². The van der Waals surface area contributed by atoms with E-state index in [0.29, 0.717) is 0 Å². The molecule has 0 saturated heterocycles. The third-order valence-electron chi connectivity index (χ3n) is 2.51. The quantitative estimate of drug-likeness (QED) is 0.862. The first-order valence-corrected chi connectivity index (χ1v) is 5.66. The molecule has 0 spiro atoms. The average molecular weight is 232 g/mol. The second-order valence-corrected chi connectivity index (χ2v) is 3.78. The number of anilines is 1. The highest BCUT2D eigenvalue weighted by Crippen LogP contribution is 2.18. The number of hydrogen-bond acceptors (Lipinski definition) is 5. The van der Waals surface area contributed by atoms with Crippen LogP contribution in [0.2, 0.25) is 0 Å². The molecule has 17 heavy (non-hydrogen) atoms. The molecular weight excluding hydrogens is 216 g/mol. The van der Waals surface area contributed by atoms with E-state index in [9.17, 15) is 0 Å². The Kier molecular flexibility index (Phi) is 3.32. The van der Waals surface area contributed by atoms with Crippen LogP contribution in [0.4, 0.5) is 5.82 Å². The van der Waals surface area contributed by atoms with E-state index in [1.807, 2.05) is 14.0 Å². The van der Waals surface area contributed by atoms with Crippen molar-refractivity contribution in [2.24, 2.45) is 0 Å². The summed E-state index contributed by atoms with van der Waals surface area (Å²) in [6, 6.07) is 0. The number of nitrogens with zero attached hydrogens (tertiary/aromatic N) is 5. The summed E-state index contributed by atoms with van der Waals surface area (Å²) < 4.78 is 1.66. The number of aromatic nitrogens is 5. The molecule has 6 heteroatoms. The number of nitrogens with one attached hydrogen (secondary N) is 1. The SMILES string of the molecule is CCCc1nc(NC)c(C)c(-n2cncn2)n1. The normalized spacial score (nSPS) is 10.5. The molecule has 0 atom stereocenters. The highest BCUT2D eigenvalue weighted by molar-refractivity contribution is 5.50. The van der Waals surface area contributed by atoms with Crippen LogP contribution in [0.5, 0.6) is 0 Å². The van der Waals surface area contributed by atoms with Gasteiger partial charge in [-0.3, -0.25) is 0 Å². The van der Waals surface area contributed by atoms with E-state index in [1.165, 1.54) is 6.33 Å². The van der Waals surface area contributed by atoms with Gasteiger partial charge >= 0.3 is 0 Å². The molecule has 0 aliphatic heterocycles. The van der Waals surface area contributed by atoms with Crippen molar-refractivity contribution in [1.29, 1.82) is 0 Å². The molecule has 0 bridgehead atoms. The van der Waals surface area contributed by atoms with Gasteiger partial charge in [-0.1, -0.05) is 6.92 Å². The summed E-state index contributed by atoms with van der Waals surface area (Å²) in [5, 5.41) is 7.20. The fraction of sp³-hybridized carbons (Fsp3) is 0.455. The van der Waals surface area contributed by atoms with Gasteiger partial charge in [0, 0.05) is 19.0 Å². The van der Waals surface area contributed by atoms with E-state index < -0.39 is 0 Å². The maximum Gasteiger partial charge on any atom is 0.163 e. The second-order valence-electron chi connectivity index (χ2n) is 3.78. The zero-order valence-corrected chi connectivity index (χ0v) is 10.3. The first-order chi connectivity index (χ1) is 8.26. The van der Waals surface area contributed by atoms with Gasteiger partial charge in [-0.05, 0) is 13.3 Å². The Morgan fingerprint density at radius 2 is 2.18 bits per heavy atom. The summed E-state index contributed by atoms with van der Waals surface area (Å²) in [7, 11) is 1.86. The summed E-state index contributed by atoms with van der Waals surface area (Å²) in [5.41, 5.74) is 0.970. The standard InChI is InChI=1S/C11H16N6/c1-4-5-9-15-10(12-3)8(2)11(16-9)17-7-13-6-14-17/h6-7H,4-5H2,1-3H3,(H,12,15,16). The molecule has 0 aliphatic carbocycles. The molecule has 2 rings (SSSR count). The highest BCUT2D eigenvalue weighted by Gasteiger charge is 2.11. The molecule has 0 radical (unpaired) electrons. The number of rotatable bonds is 4. The Hall–Kier alpha value is -1.98. The Balaban J connectivity index is 2.53. The second kappa shape index (κ2) is 4.90. The fourth-order valence-corrected chi connectivity index (χ4v) is 1.67. The van der Waals surface area contributed by atoms with Crippen molar-refractivity contribution >= 4 is 5.82 Å². The molecule has 0 aromatic carbocycles. The molecule has 2 heterocycles. The zero-order valence-electron chi connectivity index (χ0n) is 10.3. The lowest BCUT2D eigenvalue weighted by Gasteiger charge is -2.11. The van der Waals surface area contributed by atoms with Gasteiger partial charge in [0.2, 0.25) is 0 Å². The summed E-state index contributed by atoms with van der Waals surface area (Å²) >= 11 is 0. The molecule has 0 amide bonds. The molecule has 6 nitrogen and oxygen atoms in total. The van der Waals surface area contributed by atoms with Crippen LogP contribution in [-0.2, 0) is 6.42 Å². The minimum atomic E-state index is 0.783. The van der Waals surface area contributed by atoms with Crippen LogP contribution in [-0.4, -0.2) is 31.8 Å². The molecular formula is C11H16N6. The summed E-state index contributed by atoms with van der Waals surface area (Å²) in [6.07, 6.45) is 5.02. The van der Waals surface area contributed by atoms with Crippen molar-refractivity contribution in [2.45, 2.75) is 26.7 Å². The molecule has 90 valence electrons. The van der Waals surface area contributed by atoms with Crippen LogP contribution in [0.1, 0.15) is 24.7 Å². The van der Waals surface area contributed by atoms with E-state index >= 15 is 0 Å². The lowest BCUT2D eigenvalue weighted by molar-refractivity contribution is 0.778. The maximum absolute atomic E-state index is 4.52. The van der Waals surface area contributed by atoms with Crippen LogP contribution in [0.15, 0.2) is 12.7 Å². The number of aryl methyl sites for hydroxylation is 1. The first kappa shape index (κ1) is 11.5. The Morgan fingerprint density at radius 1 is 1.35 bits per heavy atom. The van der Waals surface area contributed by atoms with E-state index in [1.54, 1.807) is 11.0 Å². The number of hydrogen-bond donors (Lipinski definition) is 1. The lowest BCUT2D eigenvalue weighted by atomic mass is 10.2. The third-order valence-corrected chi connectivity index (χ3v) is 2.51. The van der Waals surface area contributed by atoms with Crippen LogP contribution in [0.25, 0.3) is 5.82 Å². The van der Waals surface area contributed by atoms with Gasteiger partial charge in [0.1, 0.15) is 24.3 Å². The monoisotopic (exact) mass is 232 g/mol. The Morgan fingerprint density at radius 3 is 2.76 bits per heavy atom. The van der Waals surface area contributed by atoms with Crippen LogP contribution in [0.3, 0.4) is 0 Å². The van der Waals surface area contributed by atoms with Crippen molar-refractivity contribution in [3.8, 4) is 5.82 Å². The topological polar surface area (TPSA) is 68.5 Å². The molecule has 0 saturated carbocycles. The van der Waals surface area contributed by atoms with Crippen molar-refractivity contribution in [2.75, 3.05) is 12.4 Å². The predicted octanol–water partition coefficient (Wildman–Crippen LogP) is 1.36. The minimum Gasteiger partial charge on any atom is -0.373 e. The third kappa shape index (κ3) is 2.25. The van der Waals surface area contributed by atoms with Crippen molar-refractivity contribution in [1.82, 2.24) is 24.7 Å². The van der Waals surface area contributed by atoms with Gasteiger partial charge in [0.15, 0.2) is 5.82 Å². The van der Waals surface area contributed by atoms with Crippen molar-refractivity contribution in [3.05, 3.63) is 24.0 Å². The van der Waals surface area contributed by atoms with Crippen LogP contribution < -0.4 is 5.32 Å². The predicted molar refractivity (Wildman–Crippen MR) is 65.2 cm³/mol. The van der Waals surface area contributed by atoms with Gasteiger partial charge in [-0.25, -0.2) is 19.6 Å².